The number of methoxy groups -OCH3 is 1. The lowest BCUT2D eigenvalue weighted by Gasteiger charge is -2.08. The molecule has 0 aliphatic heterocycles. The van der Waals surface area contributed by atoms with Gasteiger partial charge in [0, 0.05) is 12.3 Å². The quantitative estimate of drug-likeness (QED) is 0.603. The number of sulfonamides is 1. The second-order valence-corrected chi connectivity index (χ2v) is 5.53. The van der Waals surface area contributed by atoms with E-state index in [0.29, 0.717) is 17.9 Å². The van der Waals surface area contributed by atoms with Gasteiger partial charge in [-0.15, -0.1) is 0 Å². The number of esters is 1. The van der Waals surface area contributed by atoms with Crippen LogP contribution in [-0.4, -0.2) is 40.5 Å². The molecule has 0 radical (unpaired) electrons. The maximum absolute atomic E-state index is 11.7. The van der Waals surface area contributed by atoms with E-state index in [1.165, 1.54) is 31.4 Å². The van der Waals surface area contributed by atoms with Gasteiger partial charge in [-0.25, -0.2) is 13.2 Å². The maximum Gasteiger partial charge on any atom is 0.337 e. The summed E-state index contributed by atoms with van der Waals surface area (Å²) in [7, 11) is -2.15. The molecule has 0 heterocycles. The highest BCUT2D eigenvalue weighted by atomic mass is 32.2. The van der Waals surface area contributed by atoms with Crippen molar-refractivity contribution in [2.75, 3.05) is 30.8 Å². The standard InChI is InChI=1S/C12H17NO5S/c1-3-18-8-9-19(15,16)13-11-6-4-10(5-7-11)12(14)17-2/h4-7,13H,3,8-9H2,1-2H3. The van der Waals surface area contributed by atoms with Crippen molar-refractivity contribution in [3.63, 3.8) is 0 Å². The Morgan fingerprint density at radius 1 is 1.26 bits per heavy atom. The normalized spacial score (nSPS) is 11.1. The van der Waals surface area contributed by atoms with Gasteiger partial charge < -0.3 is 9.47 Å². The van der Waals surface area contributed by atoms with Crippen molar-refractivity contribution < 1.29 is 22.7 Å². The minimum absolute atomic E-state index is 0.112. The van der Waals surface area contributed by atoms with Crippen LogP contribution in [0.25, 0.3) is 0 Å². The number of hydrogen-bond acceptors (Lipinski definition) is 5. The van der Waals surface area contributed by atoms with Crippen molar-refractivity contribution in [3.8, 4) is 0 Å². The second kappa shape index (κ2) is 7.10. The van der Waals surface area contributed by atoms with Crippen molar-refractivity contribution >= 4 is 21.7 Å². The summed E-state index contributed by atoms with van der Waals surface area (Å²) in [4.78, 5) is 11.2. The monoisotopic (exact) mass is 287 g/mol. The van der Waals surface area contributed by atoms with Crippen LogP contribution < -0.4 is 4.72 Å². The lowest BCUT2D eigenvalue weighted by Crippen LogP contribution is -2.20. The number of hydrogen-bond donors (Lipinski definition) is 1. The van der Waals surface area contributed by atoms with Crippen LogP contribution in [0.2, 0.25) is 0 Å². The highest BCUT2D eigenvalue weighted by molar-refractivity contribution is 7.92. The van der Waals surface area contributed by atoms with Gasteiger partial charge >= 0.3 is 5.97 Å². The van der Waals surface area contributed by atoms with Gasteiger partial charge in [0.2, 0.25) is 10.0 Å². The molecule has 0 aliphatic carbocycles. The predicted octanol–water partition coefficient (Wildman–Crippen LogP) is 1.25. The fraction of sp³-hybridized carbons (Fsp3) is 0.417. The molecule has 0 saturated heterocycles. The van der Waals surface area contributed by atoms with E-state index in [-0.39, 0.29) is 12.4 Å². The van der Waals surface area contributed by atoms with E-state index in [2.05, 4.69) is 9.46 Å². The molecular weight excluding hydrogens is 270 g/mol. The van der Waals surface area contributed by atoms with E-state index >= 15 is 0 Å². The molecular formula is C12H17NO5S. The molecule has 0 fully saturated rings. The topological polar surface area (TPSA) is 81.7 Å². The molecule has 0 saturated carbocycles. The average molecular weight is 287 g/mol. The summed E-state index contributed by atoms with van der Waals surface area (Å²) in [5, 5.41) is 0. The first kappa shape index (κ1) is 15.5. The van der Waals surface area contributed by atoms with E-state index in [0.717, 1.165) is 0 Å². The first-order valence-electron chi connectivity index (χ1n) is 5.75. The van der Waals surface area contributed by atoms with Crippen LogP contribution in [0.15, 0.2) is 24.3 Å². The van der Waals surface area contributed by atoms with Gasteiger partial charge in [0.15, 0.2) is 0 Å². The molecule has 19 heavy (non-hydrogen) atoms. The summed E-state index contributed by atoms with van der Waals surface area (Å²) < 4.78 is 35.3. The third-order valence-corrected chi connectivity index (χ3v) is 3.53. The third-order valence-electron chi connectivity index (χ3n) is 2.28. The number of benzene rings is 1. The summed E-state index contributed by atoms with van der Waals surface area (Å²) in [6.07, 6.45) is 0. The average Bonchev–Trinajstić information content (AvgIpc) is 2.38. The smallest absolute Gasteiger partial charge is 0.337 e. The Hall–Kier alpha value is -1.60. The minimum atomic E-state index is -3.44. The maximum atomic E-state index is 11.7. The lowest BCUT2D eigenvalue weighted by molar-refractivity contribution is 0.0601. The van der Waals surface area contributed by atoms with Gasteiger partial charge in [-0.1, -0.05) is 0 Å². The molecule has 7 heteroatoms. The fourth-order valence-corrected chi connectivity index (χ4v) is 2.27. The molecule has 106 valence electrons. The Bertz CT molecular complexity index is 509. The van der Waals surface area contributed by atoms with E-state index < -0.39 is 16.0 Å². The van der Waals surface area contributed by atoms with E-state index in [9.17, 15) is 13.2 Å². The van der Waals surface area contributed by atoms with Crippen LogP contribution in [0, 0.1) is 0 Å². The molecule has 1 aromatic rings. The van der Waals surface area contributed by atoms with Crippen molar-refractivity contribution in [3.05, 3.63) is 29.8 Å². The van der Waals surface area contributed by atoms with Crippen molar-refractivity contribution in [2.24, 2.45) is 0 Å². The highest BCUT2D eigenvalue weighted by Gasteiger charge is 2.11. The first-order valence-corrected chi connectivity index (χ1v) is 7.40. The Morgan fingerprint density at radius 2 is 1.89 bits per heavy atom. The van der Waals surface area contributed by atoms with Crippen LogP contribution in [0.3, 0.4) is 0 Å². The highest BCUT2D eigenvalue weighted by Crippen LogP contribution is 2.12. The van der Waals surface area contributed by atoms with Gasteiger partial charge in [0.05, 0.1) is 25.0 Å². The summed E-state index contributed by atoms with van der Waals surface area (Å²) in [5.41, 5.74) is 0.754. The number of nitrogens with one attached hydrogen (secondary N) is 1. The molecule has 0 aliphatic rings. The molecule has 0 atom stereocenters. The van der Waals surface area contributed by atoms with E-state index in [1.54, 1.807) is 6.92 Å². The Balaban J connectivity index is 2.64. The fourth-order valence-electron chi connectivity index (χ4n) is 1.34. The predicted molar refractivity (Wildman–Crippen MR) is 71.7 cm³/mol. The molecule has 0 aromatic heterocycles. The molecule has 0 amide bonds. The number of ether oxygens (including phenoxy) is 2. The first-order chi connectivity index (χ1) is 8.98. The summed E-state index contributed by atoms with van der Waals surface area (Å²) in [6, 6.07) is 5.99. The zero-order chi connectivity index (χ0) is 14.3. The minimum Gasteiger partial charge on any atom is -0.465 e. The number of carbonyl (C=O) groups excluding carboxylic acids is 1. The SMILES string of the molecule is CCOCCS(=O)(=O)Nc1ccc(C(=O)OC)cc1. The van der Waals surface area contributed by atoms with Crippen LogP contribution >= 0.6 is 0 Å². The third kappa shape index (κ3) is 5.27. The van der Waals surface area contributed by atoms with Gasteiger partial charge in [-0.05, 0) is 31.2 Å². The van der Waals surface area contributed by atoms with E-state index in [1.807, 2.05) is 0 Å². The van der Waals surface area contributed by atoms with Gasteiger partial charge in [-0.3, -0.25) is 4.72 Å². The summed E-state index contributed by atoms with van der Waals surface area (Å²) >= 11 is 0. The Kier molecular flexibility index (Phi) is 5.78. The molecule has 0 bridgehead atoms. The molecule has 0 spiro atoms. The molecule has 0 unspecified atom stereocenters. The van der Waals surface area contributed by atoms with Crippen LogP contribution in [0.5, 0.6) is 0 Å². The van der Waals surface area contributed by atoms with Crippen molar-refractivity contribution in [2.45, 2.75) is 6.92 Å². The zero-order valence-corrected chi connectivity index (χ0v) is 11.7. The zero-order valence-electron chi connectivity index (χ0n) is 10.9. The lowest BCUT2D eigenvalue weighted by atomic mass is 10.2. The van der Waals surface area contributed by atoms with Crippen LogP contribution in [-0.2, 0) is 19.5 Å². The second-order valence-electron chi connectivity index (χ2n) is 3.69. The Labute approximate surface area is 112 Å². The van der Waals surface area contributed by atoms with Crippen LogP contribution in [0.4, 0.5) is 5.69 Å². The molecule has 6 nitrogen and oxygen atoms in total. The largest absolute Gasteiger partial charge is 0.465 e. The molecule has 1 rings (SSSR count). The van der Waals surface area contributed by atoms with Gasteiger partial charge in [-0.2, -0.15) is 0 Å². The number of anilines is 1. The Morgan fingerprint density at radius 3 is 2.42 bits per heavy atom. The van der Waals surface area contributed by atoms with Crippen molar-refractivity contribution in [1.29, 1.82) is 0 Å². The number of carbonyl (C=O) groups is 1. The van der Waals surface area contributed by atoms with E-state index in [4.69, 9.17) is 4.74 Å². The number of rotatable bonds is 7. The molecule has 1 N–H and O–H groups in total. The molecule has 1 aromatic carbocycles. The summed E-state index contributed by atoms with van der Waals surface area (Å²) in [6.45, 7) is 2.42. The van der Waals surface area contributed by atoms with Crippen LogP contribution in [0.1, 0.15) is 17.3 Å². The van der Waals surface area contributed by atoms with Crippen molar-refractivity contribution in [1.82, 2.24) is 0 Å². The summed E-state index contributed by atoms with van der Waals surface area (Å²) in [5.74, 6) is -0.578. The van der Waals surface area contributed by atoms with Gasteiger partial charge in [0.25, 0.3) is 0 Å². The van der Waals surface area contributed by atoms with Gasteiger partial charge in [0.1, 0.15) is 0 Å².